The second-order valence-electron chi connectivity index (χ2n) is 20.2. The van der Waals surface area contributed by atoms with E-state index in [1.807, 2.05) is 6.20 Å². The van der Waals surface area contributed by atoms with Gasteiger partial charge in [0.25, 0.3) is 0 Å². The Morgan fingerprint density at radius 3 is 2.33 bits per heavy atom. The maximum atomic E-state index is 15.5. The SMILES string of the molecule is CC1([C@@H]2CC[C@]3(C(=O)N4CCCC4c4ncc(-c5ccccc5)[nH]4)CC[C@]4(C)[C@H](CC[C@@H]5[C@@]6(C)CC[C@H](O)C(C)(C)[C@@H]6CC[C@]54C)[C@@H]23)CC1. The largest absolute Gasteiger partial charge is 0.393 e. The number of rotatable bonds is 4. The fourth-order valence-corrected chi connectivity index (χ4v) is 15.1. The van der Waals surface area contributed by atoms with Crippen molar-refractivity contribution in [3.8, 4) is 11.3 Å². The topological polar surface area (TPSA) is 69.2 Å². The molecule has 2 heterocycles. The summed E-state index contributed by atoms with van der Waals surface area (Å²) in [5.41, 5.74) is 3.21. The van der Waals surface area contributed by atoms with Crippen LogP contribution in [0.15, 0.2) is 36.5 Å². The number of amides is 1. The Balaban J connectivity index is 1.06. The van der Waals surface area contributed by atoms with Crippen LogP contribution in [0, 0.1) is 62.1 Å². The number of aliphatic hydroxyl groups excluding tert-OH is 1. The van der Waals surface area contributed by atoms with E-state index in [-0.39, 0.29) is 39.2 Å². The highest BCUT2D eigenvalue weighted by Crippen LogP contribution is 2.79. The summed E-state index contributed by atoms with van der Waals surface area (Å²) in [6.45, 7) is 16.3. The standard InChI is InChI=1S/C44H63N3O2/c1-39(2)33-17-20-43(6)34(41(33,4)19-18-35(39)48)15-14-30-36-29(40(3)22-23-40)16-21-44(36,25-24-42(30,43)5)38(49)47-26-10-13-32(47)37-45-27-31(46-37)28-11-8-7-9-12-28/h7-9,11-12,27,29-30,32-36,48H,10,13-26H2,1-6H3,(H,45,46)/t29-,30-,32?,33+,34-,35+,36-,41+,42-,43-,44+/m1/s1. The number of aliphatic hydroxyl groups is 1. The third-order valence-electron chi connectivity index (χ3n) is 18.3. The van der Waals surface area contributed by atoms with E-state index < -0.39 is 0 Å². The summed E-state index contributed by atoms with van der Waals surface area (Å²) < 4.78 is 0. The van der Waals surface area contributed by atoms with Crippen LogP contribution in [-0.2, 0) is 4.79 Å². The number of nitrogens with one attached hydrogen (secondary N) is 1. The third-order valence-corrected chi connectivity index (χ3v) is 18.3. The lowest BCUT2D eigenvalue weighted by atomic mass is 9.32. The second-order valence-corrected chi connectivity index (χ2v) is 20.2. The van der Waals surface area contributed by atoms with Crippen molar-refractivity contribution in [2.45, 2.75) is 144 Å². The van der Waals surface area contributed by atoms with Gasteiger partial charge in [-0.25, -0.2) is 4.98 Å². The average molecular weight is 666 g/mol. The summed E-state index contributed by atoms with van der Waals surface area (Å²) in [7, 11) is 0. The first kappa shape index (κ1) is 32.7. The van der Waals surface area contributed by atoms with E-state index in [0.29, 0.717) is 40.9 Å². The zero-order chi connectivity index (χ0) is 34.2. The van der Waals surface area contributed by atoms with Gasteiger partial charge in [0, 0.05) is 6.54 Å². The first-order valence-corrected chi connectivity index (χ1v) is 20.4. The normalized spacial score (nSPS) is 46.3. The van der Waals surface area contributed by atoms with Crippen molar-refractivity contribution < 1.29 is 9.90 Å². The van der Waals surface area contributed by atoms with Crippen molar-refractivity contribution in [1.82, 2.24) is 14.9 Å². The third kappa shape index (κ3) is 4.32. The molecular weight excluding hydrogens is 603 g/mol. The molecule has 1 amide bonds. The highest BCUT2D eigenvalue weighted by Gasteiger charge is 2.73. The molecule has 5 heteroatoms. The van der Waals surface area contributed by atoms with Crippen LogP contribution in [-0.4, -0.2) is 38.5 Å². The molecule has 1 saturated heterocycles. The predicted octanol–water partition coefficient (Wildman–Crippen LogP) is 9.98. The first-order chi connectivity index (χ1) is 23.3. The van der Waals surface area contributed by atoms with Crippen LogP contribution in [0.4, 0.5) is 0 Å². The highest BCUT2D eigenvalue weighted by molar-refractivity contribution is 5.84. The van der Waals surface area contributed by atoms with E-state index in [1.165, 1.54) is 57.8 Å². The molecule has 1 aliphatic heterocycles. The van der Waals surface area contributed by atoms with Gasteiger partial charge in [0.05, 0.1) is 29.5 Å². The number of likely N-dealkylation sites (tertiary alicyclic amines) is 1. The lowest BCUT2D eigenvalue weighted by molar-refractivity contribution is -0.249. The lowest BCUT2D eigenvalue weighted by Crippen LogP contribution is -2.67. The van der Waals surface area contributed by atoms with Gasteiger partial charge in [0.1, 0.15) is 5.82 Å². The molecule has 9 rings (SSSR count). The minimum absolute atomic E-state index is 0.0144. The zero-order valence-electron chi connectivity index (χ0n) is 31.4. The summed E-state index contributed by atoms with van der Waals surface area (Å²) in [5.74, 6) is 4.54. The highest BCUT2D eigenvalue weighted by atomic mass is 16.3. The smallest absolute Gasteiger partial charge is 0.229 e. The maximum Gasteiger partial charge on any atom is 0.229 e. The van der Waals surface area contributed by atoms with Crippen molar-refractivity contribution in [3.63, 3.8) is 0 Å². The van der Waals surface area contributed by atoms with Gasteiger partial charge in [-0.2, -0.15) is 0 Å². The average Bonchev–Trinajstić information content (AvgIpc) is 3.48. The number of hydrogen-bond donors (Lipinski definition) is 2. The predicted molar refractivity (Wildman–Crippen MR) is 195 cm³/mol. The summed E-state index contributed by atoms with van der Waals surface area (Å²) in [6, 6.07) is 10.5. The number of imidazole rings is 1. The molecule has 1 aromatic heterocycles. The van der Waals surface area contributed by atoms with Gasteiger partial charge in [-0.15, -0.1) is 0 Å². The van der Waals surface area contributed by atoms with Crippen LogP contribution in [0.3, 0.4) is 0 Å². The molecule has 2 N–H and O–H groups in total. The minimum atomic E-state index is -0.223. The summed E-state index contributed by atoms with van der Waals surface area (Å²) in [5, 5.41) is 11.2. The van der Waals surface area contributed by atoms with Gasteiger partial charge in [-0.3, -0.25) is 4.79 Å². The first-order valence-electron chi connectivity index (χ1n) is 20.4. The van der Waals surface area contributed by atoms with Gasteiger partial charge in [-0.1, -0.05) is 71.9 Å². The minimum Gasteiger partial charge on any atom is -0.393 e. The molecule has 49 heavy (non-hydrogen) atoms. The molecule has 7 fully saturated rings. The summed E-state index contributed by atoms with van der Waals surface area (Å²) in [6.07, 6.45) is 18.4. The molecule has 6 saturated carbocycles. The Hall–Kier alpha value is -2.14. The van der Waals surface area contributed by atoms with Gasteiger partial charge in [-0.05, 0) is 152 Å². The van der Waals surface area contributed by atoms with Crippen molar-refractivity contribution >= 4 is 5.91 Å². The summed E-state index contributed by atoms with van der Waals surface area (Å²) >= 11 is 0. The number of nitrogens with zero attached hydrogens (tertiary/aromatic N) is 2. The van der Waals surface area contributed by atoms with E-state index in [0.717, 1.165) is 55.7 Å². The van der Waals surface area contributed by atoms with Gasteiger partial charge >= 0.3 is 0 Å². The Kier molecular flexibility index (Phi) is 7.15. The van der Waals surface area contributed by atoms with E-state index in [4.69, 9.17) is 4.98 Å². The number of aromatic amines is 1. The van der Waals surface area contributed by atoms with E-state index in [2.05, 4.69) is 81.8 Å². The van der Waals surface area contributed by atoms with Gasteiger partial charge in [0.15, 0.2) is 0 Å². The second kappa shape index (κ2) is 10.7. The van der Waals surface area contributed by atoms with E-state index in [9.17, 15) is 5.11 Å². The number of carbonyl (C=O) groups is 1. The van der Waals surface area contributed by atoms with Crippen LogP contribution in [0.5, 0.6) is 0 Å². The molecule has 0 spiro atoms. The van der Waals surface area contributed by atoms with E-state index in [1.54, 1.807) is 0 Å². The van der Waals surface area contributed by atoms with Crippen LogP contribution in [0.25, 0.3) is 11.3 Å². The number of carbonyl (C=O) groups excluding carboxylic acids is 1. The maximum absolute atomic E-state index is 15.5. The quantitative estimate of drug-likeness (QED) is 0.342. The molecule has 7 aliphatic rings. The van der Waals surface area contributed by atoms with Crippen molar-refractivity contribution in [2.24, 2.45) is 62.1 Å². The number of fused-ring (bicyclic) bond motifs is 7. The van der Waals surface area contributed by atoms with Crippen LogP contribution >= 0.6 is 0 Å². The van der Waals surface area contributed by atoms with E-state index >= 15 is 4.79 Å². The Morgan fingerprint density at radius 2 is 1.57 bits per heavy atom. The molecular formula is C44H63N3O2. The lowest BCUT2D eigenvalue weighted by Gasteiger charge is -2.73. The van der Waals surface area contributed by atoms with Crippen LogP contribution < -0.4 is 0 Å². The number of benzene rings is 1. The number of H-pyrrole nitrogens is 1. The van der Waals surface area contributed by atoms with Gasteiger partial charge < -0.3 is 15.0 Å². The molecule has 266 valence electrons. The fourth-order valence-electron chi connectivity index (χ4n) is 15.1. The Labute approximate surface area is 295 Å². The molecule has 5 nitrogen and oxygen atoms in total. The molecule has 6 aliphatic carbocycles. The van der Waals surface area contributed by atoms with Gasteiger partial charge in [0.2, 0.25) is 5.91 Å². The van der Waals surface area contributed by atoms with Crippen molar-refractivity contribution in [2.75, 3.05) is 6.54 Å². The molecule has 11 atom stereocenters. The molecule has 1 unspecified atom stereocenters. The molecule has 2 aromatic rings. The zero-order valence-corrected chi connectivity index (χ0v) is 31.4. The number of hydrogen-bond acceptors (Lipinski definition) is 3. The Morgan fingerprint density at radius 1 is 0.796 bits per heavy atom. The fraction of sp³-hybridized carbons (Fsp3) is 0.773. The molecule has 0 radical (unpaired) electrons. The monoisotopic (exact) mass is 665 g/mol. The van der Waals surface area contributed by atoms with Crippen LogP contribution in [0.1, 0.15) is 143 Å². The van der Waals surface area contributed by atoms with Crippen LogP contribution in [0.2, 0.25) is 0 Å². The molecule has 1 aromatic carbocycles. The van der Waals surface area contributed by atoms with Crippen molar-refractivity contribution in [3.05, 3.63) is 42.4 Å². The summed E-state index contributed by atoms with van der Waals surface area (Å²) in [4.78, 5) is 26.4. The molecule has 0 bridgehead atoms. The Bertz CT molecular complexity index is 1610. The number of aromatic nitrogens is 2. The van der Waals surface area contributed by atoms with Crippen molar-refractivity contribution in [1.29, 1.82) is 0 Å².